The minimum absolute atomic E-state index is 0.486. The highest BCUT2D eigenvalue weighted by Crippen LogP contribution is 2.25. The highest BCUT2D eigenvalue weighted by atomic mass is 14.9. The molecule has 1 N–H and O–H groups in total. The Morgan fingerprint density at radius 3 is 2.08 bits per heavy atom. The van der Waals surface area contributed by atoms with Crippen LogP contribution in [0.5, 0.6) is 0 Å². The van der Waals surface area contributed by atoms with E-state index in [-0.39, 0.29) is 0 Å². The fourth-order valence-corrected chi connectivity index (χ4v) is 1.75. The zero-order chi connectivity index (χ0) is 10.5. The Morgan fingerprint density at radius 1 is 1.23 bits per heavy atom. The number of hydrogen-bond donors (Lipinski definition) is 1. The van der Waals surface area contributed by atoms with Gasteiger partial charge < -0.3 is 5.32 Å². The third kappa shape index (κ3) is 6.09. The van der Waals surface area contributed by atoms with Crippen molar-refractivity contribution in [2.45, 2.75) is 59.9 Å². The molecule has 0 saturated carbocycles. The summed E-state index contributed by atoms with van der Waals surface area (Å²) in [5.41, 5.74) is 0.486. The molecule has 2 unspecified atom stereocenters. The molecular weight excluding hydrogens is 158 g/mol. The molecule has 0 heterocycles. The molecular formula is C12H27N. The van der Waals surface area contributed by atoms with Crippen LogP contribution in [0.4, 0.5) is 0 Å². The molecule has 0 amide bonds. The zero-order valence-corrected chi connectivity index (χ0v) is 10.3. The molecule has 0 spiro atoms. The quantitative estimate of drug-likeness (QED) is 0.692. The second-order valence-electron chi connectivity index (χ2n) is 5.38. The summed E-state index contributed by atoms with van der Waals surface area (Å²) in [7, 11) is 2.07. The molecule has 0 fully saturated rings. The molecule has 0 radical (unpaired) electrons. The van der Waals surface area contributed by atoms with Gasteiger partial charge in [-0.3, -0.25) is 0 Å². The average Bonchev–Trinajstić information content (AvgIpc) is 2.02. The molecule has 2 atom stereocenters. The third-order valence-corrected chi connectivity index (χ3v) is 2.85. The average molecular weight is 185 g/mol. The van der Waals surface area contributed by atoms with Gasteiger partial charge in [-0.15, -0.1) is 0 Å². The van der Waals surface area contributed by atoms with Gasteiger partial charge in [0.25, 0.3) is 0 Å². The fourth-order valence-electron chi connectivity index (χ4n) is 1.75. The molecule has 80 valence electrons. The lowest BCUT2D eigenvalue weighted by molar-refractivity contribution is 0.289. The summed E-state index contributed by atoms with van der Waals surface area (Å²) < 4.78 is 0. The summed E-state index contributed by atoms with van der Waals surface area (Å²) in [6, 6.07) is 0.697. The van der Waals surface area contributed by atoms with Crippen molar-refractivity contribution in [3.05, 3.63) is 0 Å². The minimum Gasteiger partial charge on any atom is -0.317 e. The van der Waals surface area contributed by atoms with Crippen molar-refractivity contribution in [3.8, 4) is 0 Å². The Kier molecular flexibility index (Phi) is 5.62. The summed E-state index contributed by atoms with van der Waals surface area (Å²) in [6.45, 7) is 11.6. The SMILES string of the molecule is CCC(NC)C(C)CCC(C)(C)C. The van der Waals surface area contributed by atoms with Crippen LogP contribution in [-0.2, 0) is 0 Å². The van der Waals surface area contributed by atoms with Crippen molar-refractivity contribution in [2.24, 2.45) is 11.3 Å². The van der Waals surface area contributed by atoms with Crippen LogP contribution in [0.25, 0.3) is 0 Å². The van der Waals surface area contributed by atoms with E-state index in [1.54, 1.807) is 0 Å². The van der Waals surface area contributed by atoms with Crippen molar-refractivity contribution >= 4 is 0 Å². The molecule has 0 aromatic heterocycles. The van der Waals surface area contributed by atoms with E-state index in [9.17, 15) is 0 Å². The van der Waals surface area contributed by atoms with E-state index in [2.05, 4.69) is 47.0 Å². The lowest BCUT2D eigenvalue weighted by Crippen LogP contribution is -2.31. The molecule has 0 rings (SSSR count). The van der Waals surface area contributed by atoms with E-state index in [1.807, 2.05) is 0 Å². The van der Waals surface area contributed by atoms with Crippen LogP contribution < -0.4 is 5.32 Å². The summed E-state index contributed by atoms with van der Waals surface area (Å²) in [6.07, 6.45) is 3.90. The highest BCUT2D eigenvalue weighted by Gasteiger charge is 2.17. The Hall–Kier alpha value is -0.0400. The van der Waals surface area contributed by atoms with Crippen LogP contribution in [-0.4, -0.2) is 13.1 Å². The van der Waals surface area contributed by atoms with Crippen LogP contribution >= 0.6 is 0 Å². The Bertz CT molecular complexity index is 120. The predicted octanol–water partition coefficient (Wildman–Crippen LogP) is 3.45. The van der Waals surface area contributed by atoms with E-state index in [0.717, 1.165) is 5.92 Å². The third-order valence-electron chi connectivity index (χ3n) is 2.85. The molecule has 1 heteroatoms. The van der Waals surface area contributed by atoms with Gasteiger partial charge in [0.05, 0.1) is 0 Å². The molecule has 0 aliphatic carbocycles. The number of nitrogens with one attached hydrogen (secondary N) is 1. The summed E-state index contributed by atoms with van der Waals surface area (Å²) in [5.74, 6) is 0.800. The largest absolute Gasteiger partial charge is 0.317 e. The Morgan fingerprint density at radius 2 is 1.77 bits per heavy atom. The van der Waals surface area contributed by atoms with Crippen molar-refractivity contribution in [3.63, 3.8) is 0 Å². The van der Waals surface area contributed by atoms with Crippen molar-refractivity contribution in [1.82, 2.24) is 5.32 Å². The first-order valence-electron chi connectivity index (χ1n) is 5.58. The maximum absolute atomic E-state index is 3.39. The second-order valence-corrected chi connectivity index (χ2v) is 5.38. The molecule has 0 saturated heterocycles. The first kappa shape index (κ1) is 13.0. The normalized spacial score (nSPS) is 17.1. The van der Waals surface area contributed by atoms with E-state index in [4.69, 9.17) is 0 Å². The first-order chi connectivity index (χ1) is 5.90. The number of hydrogen-bond acceptors (Lipinski definition) is 1. The maximum Gasteiger partial charge on any atom is 0.00870 e. The minimum atomic E-state index is 0.486. The monoisotopic (exact) mass is 185 g/mol. The highest BCUT2D eigenvalue weighted by molar-refractivity contribution is 4.72. The smallest absolute Gasteiger partial charge is 0.00870 e. The Balaban J connectivity index is 3.78. The number of rotatable bonds is 5. The van der Waals surface area contributed by atoms with Gasteiger partial charge in [-0.1, -0.05) is 34.6 Å². The Labute approximate surface area is 84.3 Å². The van der Waals surface area contributed by atoms with Gasteiger partial charge in [0.1, 0.15) is 0 Å². The summed E-state index contributed by atoms with van der Waals surface area (Å²) in [5, 5.41) is 3.39. The van der Waals surface area contributed by atoms with E-state index < -0.39 is 0 Å². The van der Waals surface area contributed by atoms with Crippen molar-refractivity contribution in [2.75, 3.05) is 7.05 Å². The lowest BCUT2D eigenvalue weighted by Gasteiger charge is -2.26. The molecule has 0 aliphatic heterocycles. The van der Waals surface area contributed by atoms with Crippen molar-refractivity contribution in [1.29, 1.82) is 0 Å². The standard InChI is InChI=1S/C12H27N/c1-7-11(13-6)10(2)8-9-12(3,4)5/h10-11,13H,7-9H2,1-6H3. The topological polar surface area (TPSA) is 12.0 Å². The second kappa shape index (κ2) is 5.64. The van der Waals surface area contributed by atoms with Gasteiger partial charge >= 0.3 is 0 Å². The maximum atomic E-state index is 3.39. The molecule has 0 aromatic rings. The summed E-state index contributed by atoms with van der Waals surface area (Å²) in [4.78, 5) is 0. The van der Waals surface area contributed by atoms with Gasteiger partial charge in [-0.05, 0) is 37.6 Å². The van der Waals surface area contributed by atoms with E-state index >= 15 is 0 Å². The fraction of sp³-hybridized carbons (Fsp3) is 1.00. The predicted molar refractivity (Wildman–Crippen MR) is 61.0 cm³/mol. The van der Waals surface area contributed by atoms with Gasteiger partial charge in [-0.2, -0.15) is 0 Å². The van der Waals surface area contributed by atoms with Gasteiger partial charge in [0, 0.05) is 6.04 Å². The van der Waals surface area contributed by atoms with Gasteiger partial charge in [0.15, 0.2) is 0 Å². The van der Waals surface area contributed by atoms with Crippen LogP contribution in [0.2, 0.25) is 0 Å². The zero-order valence-electron chi connectivity index (χ0n) is 10.3. The molecule has 13 heavy (non-hydrogen) atoms. The van der Waals surface area contributed by atoms with Crippen molar-refractivity contribution < 1.29 is 0 Å². The van der Waals surface area contributed by atoms with Crippen LogP contribution in [0.3, 0.4) is 0 Å². The van der Waals surface area contributed by atoms with Crippen LogP contribution in [0, 0.1) is 11.3 Å². The van der Waals surface area contributed by atoms with Crippen LogP contribution in [0.15, 0.2) is 0 Å². The van der Waals surface area contributed by atoms with Gasteiger partial charge in [0.2, 0.25) is 0 Å². The van der Waals surface area contributed by atoms with Gasteiger partial charge in [-0.25, -0.2) is 0 Å². The molecule has 1 nitrogen and oxygen atoms in total. The first-order valence-corrected chi connectivity index (χ1v) is 5.58. The van der Waals surface area contributed by atoms with E-state index in [0.29, 0.717) is 11.5 Å². The molecule has 0 aliphatic rings. The molecule has 0 aromatic carbocycles. The van der Waals surface area contributed by atoms with Crippen LogP contribution in [0.1, 0.15) is 53.9 Å². The molecule has 0 bridgehead atoms. The summed E-state index contributed by atoms with van der Waals surface area (Å²) >= 11 is 0. The van der Waals surface area contributed by atoms with E-state index in [1.165, 1.54) is 19.3 Å². The lowest BCUT2D eigenvalue weighted by atomic mass is 9.84.